The number of nitrogens with zero attached hydrogens (tertiary/aromatic N) is 1. The number of benzene rings is 2. The van der Waals surface area contributed by atoms with Gasteiger partial charge in [0.25, 0.3) is 5.91 Å². The number of rotatable bonds is 3. The van der Waals surface area contributed by atoms with Crippen LogP contribution in [-0.4, -0.2) is 19.0 Å². The van der Waals surface area contributed by atoms with Crippen molar-refractivity contribution in [3.05, 3.63) is 81.5 Å². The zero-order valence-electron chi connectivity index (χ0n) is 14.7. The van der Waals surface area contributed by atoms with Crippen molar-refractivity contribution >= 4 is 35.2 Å². The van der Waals surface area contributed by atoms with Crippen LogP contribution in [0.5, 0.6) is 0 Å². The summed E-state index contributed by atoms with van der Waals surface area (Å²) in [5, 5.41) is 0.431. The van der Waals surface area contributed by atoms with Gasteiger partial charge in [-0.05, 0) is 37.6 Å². The van der Waals surface area contributed by atoms with E-state index in [1.54, 1.807) is 37.3 Å². The van der Waals surface area contributed by atoms with Gasteiger partial charge in [0.1, 0.15) is 0 Å². The number of amides is 1. The molecule has 1 heterocycles. The summed E-state index contributed by atoms with van der Waals surface area (Å²) in [7, 11) is 1.30. The molecule has 0 fully saturated rings. The van der Waals surface area contributed by atoms with Gasteiger partial charge in [0.2, 0.25) is 0 Å². The van der Waals surface area contributed by atoms with E-state index in [0.29, 0.717) is 16.4 Å². The first-order chi connectivity index (χ1) is 12.4. The standard InChI is InChI=1S/C21H18ClNO3/c1-13-8-10-15(11-9-13)12-16-19(21(25)26-3)14(2)23(20(16)24)18-7-5-4-6-17(18)22/h4-12H,1-3H3/b16-12+. The van der Waals surface area contributed by atoms with Gasteiger partial charge in [-0.1, -0.05) is 53.6 Å². The maximum Gasteiger partial charge on any atom is 0.340 e. The highest BCUT2D eigenvalue weighted by Crippen LogP contribution is 2.38. The highest BCUT2D eigenvalue weighted by molar-refractivity contribution is 6.35. The first kappa shape index (κ1) is 18.0. The Morgan fingerprint density at radius 3 is 2.35 bits per heavy atom. The molecule has 0 bridgehead atoms. The van der Waals surface area contributed by atoms with Gasteiger partial charge < -0.3 is 4.74 Å². The number of methoxy groups -OCH3 is 1. The summed E-state index contributed by atoms with van der Waals surface area (Å²) in [4.78, 5) is 26.9. The Bertz CT molecular complexity index is 942. The summed E-state index contributed by atoms with van der Waals surface area (Å²) in [6.07, 6.45) is 1.70. The molecule has 1 aliphatic heterocycles. The summed E-state index contributed by atoms with van der Waals surface area (Å²) >= 11 is 6.27. The molecule has 4 nitrogen and oxygen atoms in total. The molecule has 26 heavy (non-hydrogen) atoms. The number of para-hydroxylation sites is 1. The predicted molar refractivity (Wildman–Crippen MR) is 103 cm³/mol. The number of carbonyl (C=O) groups excluding carboxylic acids is 2. The molecule has 2 aromatic carbocycles. The van der Waals surface area contributed by atoms with Crippen molar-refractivity contribution in [1.29, 1.82) is 0 Å². The molecular formula is C21H18ClNO3. The van der Waals surface area contributed by atoms with Crippen molar-refractivity contribution in [2.45, 2.75) is 13.8 Å². The Labute approximate surface area is 157 Å². The van der Waals surface area contributed by atoms with E-state index in [0.717, 1.165) is 11.1 Å². The number of hydrogen-bond acceptors (Lipinski definition) is 3. The largest absolute Gasteiger partial charge is 0.465 e. The monoisotopic (exact) mass is 367 g/mol. The van der Waals surface area contributed by atoms with Crippen molar-refractivity contribution in [1.82, 2.24) is 0 Å². The predicted octanol–water partition coefficient (Wildman–Crippen LogP) is 4.53. The number of carbonyl (C=O) groups is 2. The second kappa shape index (κ2) is 7.18. The second-order valence-corrected chi connectivity index (χ2v) is 6.42. The average molecular weight is 368 g/mol. The third kappa shape index (κ3) is 3.16. The van der Waals surface area contributed by atoms with E-state index in [9.17, 15) is 9.59 Å². The lowest BCUT2D eigenvalue weighted by atomic mass is 10.0. The van der Waals surface area contributed by atoms with Crippen LogP contribution < -0.4 is 4.90 Å². The molecular weight excluding hydrogens is 350 g/mol. The third-order valence-electron chi connectivity index (χ3n) is 4.27. The van der Waals surface area contributed by atoms with Gasteiger partial charge in [-0.3, -0.25) is 9.69 Å². The summed E-state index contributed by atoms with van der Waals surface area (Å²) in [6, 6.07) is 14.7. The molecule has 0 aliphatic carbocycles. The van der Waals surface area contributed by atoms with Crippen LogP contribution in [0, 0.1) is 6.92 Å². The fourth-order valence-corrected chi connectivity index (χ4v) is 3.15. The van der Waals surface area contributed by atoms with Crippen LogP contribution in [0.15, 0.2) is 65.4 Å². The Hall–Kier alpha value is -2.85. The SMILES string of the molecule is COC(=O)C1=C(C)N(c2ccccc2Cl)C(=O)/C1=C/c1ccc(C)cc1. The fraction of sp³-hybridized carbons (Fsp3) is 0.143. The second-order valence-electron chi connectivity index (χ2n) is 6.01. The molecule has 0 N–H and O–H groups in total. The molecule has 0 saturated heterocycles. The summed E-state index contributed by atoms with van der Waals surface area (Å²) in [5.74, 6) is -0.861. The molecule has 0 radical (unpaired) electrons. The molecule has 1 aliphatic rings. The molecule has 0 atom stereocenters. The minimum Gasteiger partial charge on any atom is -0.465 e. The van der Waals surface area contributed by atoms with Crippen molar-refractivity contribution in [2.75, 3.05) is 12.0 Å². The number of allylic oxidation sites excluding steroid dienone is 1. The van der Waals surface area contributed by atoms with Crippen LogP contribution >= 0.6 is 11.6 Å². The van der Waals surface area contributed by atoms with Gasteiger partial charge in [-0.25, -0.2) is 4.79 Å². The molecule has 2 aromatic rings. The Morgan fingerprint density at radius 1 is 1.08 bits per heavy atom. The molecule has 132 valence electrons. The van der Waals surface area contributed by atoms with Crippen molar-refractivity contribution in [2.24, 2.45) is 0 Å². The zero-order valence-corrected chi connectivity index (χ0v) is 15.5. The van der Waals surface area contributed by atoms with Gasteiger partial charge >= 0.3 is 5.97 Å². The Balaban J connectivity index is 2.16. The quantitative estimate of drug-likeness (QED) is 0.591. The number of aryl methyl sites for hydroxylation is 1. The number of esters is 1. The minimum atomic E-state index is -0.552. The molecule has 3 rings (SSSR count). The van der Waals surface area contributed by atoms with Gasteiger partial charge in [0, 0.05) is 5.70 Å². The first-order valence-electron chi connectivity index (χ1n) is 8.11. The zero-order chi connectivity index (χ0) is 18.8. The highest BCUT2D eigenvalue weighted by atomic mass is 35.5. The highest BCUT2D eigenvalue weighted by Gasteiger charge is 2.38. The lowest BCUT2D eigenvalue weighted by Crippen LogP contribution is -2.24. The molecule has 0 saturated carbocycles. The van der Waals surface area contributed by atoms with E-state index in [-0.39, 0.29) is 17.1 Å². The Kier molecular flexibility index (Phi) is 4.96. The van der Waals surface area contributed by atoms with Crippen LogP contribution in [0.25, 0.3) is 6.08 Å². The number of ether oxygens (including phenoxy) is 1. The number of hydrogen-bond donors (Lipinski definition) is 0. The van der Waals surface area contributed by atoms with Crippen molar-refractivity contribution < 1.29 is 14.3 Å². The summed E-state index contributed by atoms with van der Waals surface area (Å²) in [6.45, 7) is 3.70. The van der Waals surface area contributed by atoms with Crippen LogP contribution in [0.3, 0.4) is 0 Å². The lowest BCUT2D eigenvalue weighted by Gasteiger charge is -2.19. The average Bonchev–Trinajstić information content (AvgIpc) is 2.87. The topological polar surface area (TPSA) is 46.6 Å². The van der Waals surface area contributed by atoms with Gasteiger partial charge in [-0.15, -0.1) is 0 Å². The normalized spacial score (nSPS) is 15.8. The van der Waals surface area contributed by atoms with E-state index >= 15 is 0 Å². The van der Waals surface area contributed by atoms with E-state index in [2.05, 4.69) is 0 Å². The van der Waals surface area contributed by atoms with Crippen LogP contribution in [0.2, 0.25) is 5.02 Å². The van der Waals surface area contributed by atoms with E-state index < -0.39 is 5.97 Å². The molecule has 5 heteroatoms. The summed E-state index contributed by atoms with van der Waals surface area (Å²) < 4.78 is 4.90. The van der Waals surface area contributed by atoms with Crippen LogP contribution in [0.1, 0.15) is 18.1 Å². The number of anilines is 1. The van der Waals surface area contributed by atoms with Crippen LogP contribution in [-0.2, 0) is 14.3 Å². The molecule has 0 spiro atoms. The van der Waals surface area contributed by atoms with Gasteiger partial charge in [0.15, 0.2) is 0 Å². The third-order valence-corrected chi connectivity index (χ3v) is 4.59. The van der Waals surface area contributed by atoms with Crippen molar-refractivity contribution in [3.8, 4) is 0 Å². The minimum absolute atomic E-state index is 0.248. The molecule has 0 unspecified atom stereocenters. The van der Waals surface area contributed by atoms with E-state index in [1.165, 1.54) is 12.0 Å². The van der Waals surface area contributed by atoms with Crippen molar-refractivity contribution in [3.63, 3.8) is 0 Å². The molecule has 0 aromatic heterocycles. The number of halogens is 1. The maximum absolute atomic E-state index is 13.1. The fourth-order valence-electron chi connectivity index (χ4n) is 2.93. The first-order valence-corrected chi connectivity index (χ1v) is 8.48. The lowest BCUT2D eigenvalue weighted by molar-refractivity contribution is -0.136. The molecule has 1 amide bonds. The van der Waals surface area contributed by atoms with Crippen LogP contribution in [0.4, 0.5) is 5.69 Å². The van der Waals surface area contributed by atoms with Gasteiger partial charge in [-0.2, -0.15) is 0 Å². The smallest absolute Gasteiger partial charge is 0.340 e. The Morgan fingerprint density at radius 2 is 1.73 bits per heavy atom. The van der Waals surface area contributed by atoms with E-state index in [1.807, 2.05) is 31.2 Å². The summed E-state index contributed by atoms with van der Waals surface area (Å²) in [5.41, 5.74) is 3.51. The van der Waals surface area contributed by atoms with Gasteiger partial charge in [0.05, 0.1) is 29.0 Å². The maximum atomic E-state index is 13.1. The van der Waals surface area contributed by atoms with E-state index in [4.69, 9.17) is 16.3 Å².